The molecule has 0 saturated heterocycles. The summed E-state index contributed by atoms with van der Waals surface area (Å²) in [5, 5.41) is 3.19. The van der Waals surface area contributed by atoms with Gasteiger partial charge in [-0.05, 0) is 64.2 Å². The van der Waals surface area contributed by atoms with Gasteiger partial charge in [0.25, 0.3) is 0 Å². The third-order valence-electron chi connectivity index (χ3n) is 8.97. The molecule has 0 radical (unpaired) electrons. The smallest absolute Gasteiger partial charge is 0.220 e. The van der Waals surface area contributed by atoms with Crippen molar-refractivity contribution in [2.75, 3.05) is 40.3 Å². The molecule has 1 aliphatic heterocycles. The lowest BCUT2D eigenvalue weighted by molar-refractivity contribution is -0.814. The molecule has 1 rings (SSSR count). The van der Waals surface area contributed by atoms with Gasteiger partial charge in [0.1, 0.15) is 13.1 Å². The maximum atomic E-state index is 12.4. The summed E-state index contributed by atoms with van der Waals surface area (Å²) in [5.41, 5.74) is 0. The molecule has 0 saturated carbocycles. The average Bonchev–Trinajstić information content (AvgIpc) is 3.41. The minimum Gasteiger partial charge on any atom is -0.726 e. The van der Waals surface area contributed by atoms with E-state index in [-0.39, 0.29) is 5.91 Å². The molecule has 0 aromatic rings. The number of amidine groups is 1. The van der Waals surface area contributed by atoms with Gasteiger partial charge >= 0.3 is 0 Å². The molecule has 0 aromatic heterocycles. The van der Waals surface area contributed by atoms with Crippen molar-refractivity contribution < 1.29 is 26.4 Å². The van der Waals surface area contributed by atoms with Crippen molar-refractivity contribution in [2.45, 2.75) is 168 Å². The Morgan fingerprint density at radius 2 is 1.19 bits per heavy atom. The molecule has 1 heterocycles. The molecule has 1 unspecified atom stereocenters. The van der Waals surface area contributed by atoms with Gasteiger partial charge in [0.2, 0.25) is 16.3 Å². The Kier molecular flexibility index (Phi) is 30.7. The zero-order valence-electron chi connectivity index (χ0n) is 31.0. The summed E-state index contributed by atoms with van der Waals surface area (Å²) in [7, 11) is -1.29. The third-order valence-corrected chi connectivity index (χ3v) is 9.38. The summed E-state index contributed by atoms with van der Waals surface area (Å²) in [6.07, 6.45) is 39.8. The van der Waals surface area contributed by atoms with E-state index in [0.717, 1.165) is 50.6 Å². The van der Waals surface area contributed by atoms with Crippen LogP contribution in [0, 0.1) is 0 Å². The van der Waals surface area contributed by atoms with E-state index in [1.165, 1.54) is 141 Å². The van der Waals surface area contributed by atoms with Crippen molar-refractivity contribution in [1.82, 2.24) is 5.32 Å². The zero-order valence-corrected chi connectivity index (χ0v) is 31.8. The number of allylic oxidation sites excluding steroid dienone is 4. The van der Waals surface area contributed by atoms with Crippen molar-refractivity contribution in [2.24, 2.45) is 4.99 Å². The van der Waals surface area contributed by atoms with E-state index >= 15 is 0 Å². The van der Waals surface area contributed by atoms with Crippen molar-refractivity contribution >= 4 is 22.1 Å². The van der Waals surface area contributed by atoms with Gasteiger partial charge < -0.3 is 9.87 Å². The lowest BCUT2D eigenvalue weighted by Gasteiger charge is -2.30. The molecule has 276 valence electrons. The second-order valence-electron chi connectivity index (χ2n) is 13.3. The molecule has 0 aromatic carbocycles. The summed E-state index contributed by atoms with van der Waals surface area (Å²) in [6, 6.07) is 0. The number of aliphatic imine (C=N–C) groups is 1. The highest BCUT2D eigenvalue weighted by Gasteiger charge is 2.32. The molecule has 47 heavy (non-hydrogen) atoms. The third kappa shape index (κ3) is 30.3. The number of amides is 1. The topological polar surface area (TPSA) is 108 Å². The van der Waals surface area contributed by atoms with E-state index in [4.69, 9.17) is 4.99 Å². The Morgan fingerprint density at radius 1 is 0.766 bits per heavy atom. The standard InChI is InChI=1S/C37H69N3O.CH4O4S/c1-4-6-8-10-12-14-16-18-20-22-24-26-28-30-36-38-32-34-40(36,3)35-33-39-37(41)31-29-27-25-23-21-19-17-15-13-11-9-7-5-2;1-5-6(2,3)4/h14-17H,4-13,18-35H2,1-3H3;1H3,(H,2,3,4)/b16-14-,17-15-;. The molecule has 1 N–H and O–H groups in total. The van der Waals surface area contributed by atoms with Crippen LogP contribution in [0.1, 0.15) is 168 Å². The SMILES string of the molecule is CCCCCC/C=C\CCCCCCCC(=O)NCC[N+]1(C)CCN=C1CCCCCCC/C=C\CCCCCC.COS(=O)(=O)[O-]. The molecule has 9 heteroatoms. The van der Waals surface area contributed by atoms with E-state index in [0.29, 0.717) is 6.42 Å². The number of hydrogen-bond acceptors (Lipinski definition) is 6. The molecule has 1 aliphatic rings. The molecular formula is C38H73N3O5S. The van der Waals surface area contributed by atoms with E-state index < -0.39 is 10.4 Å². The fourth-order valence-corrected chi connectivity index (χ4v) is 5.82. The molecular weight excluding hydrogens is 611 g/mol. The minimum absolute atomic E-state index is 0.228. The molecule has 1 amide bonds. The van der Waals surface area contributed by atoms with Crippen LogP contribution in [0.25, 0.3) is 0 Å². The van der Waals surface area contributed by atoms with Gasteiger partial charge in [-0.1, -0.05) is 115 Å². The van der Waals surface area contributed by atoms with Crippen LogP contribution in [0.2, 0.25) is 0 Å². The quantitative estimate of drug-likeness (QED) is 0.0267. The fourth-order valence-electron chi connectivity index (χ4n) is 5.82. The van der Waals surface area contributed by atoms with Gasteiger partial charge in [-0.25, -0.2) is 13.4 Å². The Labute approximate surface area is 290 Å². The van der Waals surface area contributed by atoms with Crippen molar-refractivity contribution in [3.8, 4) is 0 Å². The van der Waals surface area contributed by atoms with E-state index in [1.807, 2.05) is 0 Å². The number of rotatable bonds is 30. The minimum atomic E-state index is -4.41. The normalized spacial score (nSPS) is 16.5. The number of hydrogen-bond donors (Lipinski definition) is 1. The molecule has 0 spiro atoms. The lowest BCUT2D eigenvalue weighted by atomic mass is 10.1. The highest BCUT2D eigenvalue weighted by molar-refractivity contribution is 7.80. The first-order valence-electron chi connectivity index (χ1n) is 19.1. The van der Waals surface area contributed by atoms with E-state index in [2.05, 4.69) is 54.7 Å². The molecule has 0 bridgehead atoms. The van der Waals surface area contributed by atoms with Gasteiger partial charge in [0.15, 0.2) is 5.84 Å². The van der Waals surface area contributed by atoms with Crippen molar-refractivity contribution in [1.29, 1.82) is 0 Å². The zero-order chi connectivity index (χ0) is 34.9. The number of nitrogens with one attached hydrogen (secondary N) is 1. The number of quaternary nitrogens is 1. The first kappa shape index (κ1) is 45.5. The Hall–Kier alpha value is -1.55. The van der Waals surface area contributed by atoms with Crippen LogP contribution in [0.3, 0.4) is 0 Å². The van der Waals surface area contributed by atoms with Gasteiger partial charge in [0.05, 0.1) is 27.2 Å². The van der Waals surface area contributed by atoms with E-state index in [1.54, 1.807) is 0 Å². The van der Waals surface area contributed by atoms with Gasteiger partial charge in [0, 0.05) is 12.8 Å². The summed E-state index contributed by atoms with van der Waals surface area (Å²) in [5.74, 6) is 1.59. The summed E-state index contributed by atoms with van der Waals surface area (Å²) < 4.78 is 31.9. The maximum absolute atomic E-state index is 12.4. The first-order valence-corrected chi connectivity index (χ1v) is 20.5. The molecule has 1 atom stereocenters. The summed E-state index contributed by atoms with van der Waals surface area (Å²) in [6.45, 7) is 8.32. The highest BCUT2D eigenvalue weighted by atomic mass is 32.3. The van der Waals surface area contributed by atoms with Crippen molar-refractivity contribution in [3.05, 3.63) is 24.3 Å². The number of likely N-dealkylation sites (N-methyl/N-ethyl adjacent to an activating group) is 1. The predicted octanol–water partition coefficient (Wildman–Crippen LogP) is 9.57. The van der Waals surface area contributed by atoms with Gasteiger partial charge in [-0.15, -0.1) is 0 Å². The van der Waals surface area contributed by atoms with Crippen LogP contribution in [0.4, 0.5) is 0 Å². The Morgan fingerprint density at radius 3 is 1.66 bits per heavy atom. The predicted molar refractivity (Wildman–Crippen MR) is 198 cm³/mol. The van der Waals surface area contributed by atoms with Gasteiger partial charge in [-0.3, -0.25) is 13.5 Å². The van der Waals surface area contributed by atoms with Crippen LogP contribution < -0.4 is 5.32 Å². The summed E-state index contributed by atoms with van der Waals surface area (Å²) in [4.78, 5) is 17.2. The van der Waals surface area contributed by atoms with Crippen LogP contribution in [-0.4, -0.2) is 69.5 Å². The number of carbonyl (C=O) groups is 1. The second kappa shape index (κ2) is 31.7. The monoisotopic (exact) mass is 684 g/mol. The van der Waals surface area contributed by atoms with Gasteiger partial charge in [-0.2, -0.15) is 0 Å². The Bertz CT molecular complexity index is 936. The fraction of sp³-hybridized carbons (Fsp3) is 0.842. The second-order valence-corrected chi connectivity index (χ2v) is 14.5. The molecule has 8 nitrogen and oxygen atoms in total. The lowest BCUT2D eigenvalue weighted by Crippen LogP contribution is -2.51. The van der Waals surface area contributed by atoms with Crippen molar-refractivity contribution in [3.63, 3.8) is 0 Å². The largest absolute Gasteiger partial charge is 0.726 e. The highest BCUT2D eigenvalue weighted by Crippen LogP contribution is 2.18. The first-order chi connectivity index (χ1) is 22.7. The number of nitrogens with zero attached hydrogens (tertiary/aromatic N) is 2. The number of carbonyl (C=O) groups excluding carboxylic acids is 1. The van der Waals surface area contributed by atoms with Crippen LogP contribution in [-0.2, 0) is 19.4 Å². The van der Waals surface area contributed by atoms with Crippen LogP contribution in [0.5, 0.6) is 0 Å². The molecule has 0 aliphatic carbocycles. The van der Waals surface area contributed by atoms with Crippen LogP contribution in [0.15, 0.2) is 29.3 Å². The number of unbranched alkanes of at least 4 members (excludes halogenated alkanes) is 18. The van der Waals surface area contributed by atoms with E-state index in [9.17, 15) is 17.8 Å². The average molecular weight is 684 g/mol. The maximum Gasteiger partial charge on any atom is 0.220 e. The van der Waals surface area contributed by atoms with Crippen LogP contribution >= 0.6 is 0 Å². The Balaban J connectivity index is 0.00000320. The molecule has 0 fully saturated rings. The summed E-state index contributed by atoms with van der Waals surface area (Å²) >= 11 is 0.